The summed E-state index contributed by atoms with van der Waals surface area (Å²) in [5.41, 5.74) is 3.71. The van der Waals surface area contributed by atoms with Crippen molar-refractivity contribution in [1.82, 2.24) is 0 Å². The van der Waals surface area contributed by atoms with Crippen molar-refractivity contribution >= 4 is 32.3 Å². The number of hydrogen-bond donors (Lipinski definition) is 0. The maximum Gasteiger partial charge on any atom is 0.0636 e. The van der Waals surface area contributed by atoms with Crippen LogP contribution in [0.15, 0.2) is 145 Å². The van der Waals surface area contributed by atoms with E-state index in [0.29, 0.717) is 27.6 Å². The summed E-state index contributed by atoms with van der Waals surface area (Å²) in [4.78, 5) is 0. The third-order valence-corrected chi connectivity index (χ3v) is 6.65. The molecule has 0 saturated carbocycles. The highest BCUT2D eigenvalue weighted by Crippen LogP contribution is 2.44. The molecular formula is C36H24. The van der Waals surface area contributed by atoms with Crippen LogP contribution in [-0.4, -0.2) is 0 Å². The first kappa shape index (κ1) is 14.0. The Bertz CT molecular complexity index is 2300. The molecule has 0 amide bonds. The van der Waals surface area contributed by atoms with Crippen LogP contribution in [0, 0.1) is 0 Å². The monoisotopic (exact) mass is 464 g/mol. The van der Waals surface area contributed by atoms with Crippen LogP contribution in [0.3, 0.4) is 0 Å². The maximum atomic E-state index is 9.28. The smallest absolute Gasteiger partial charge is 0.0622 e. The van der Waals surface area contributed by atoms with Gasteiger partial charge in [0.25, 0.3) is 0 Å². The Morgan fingerprint density at radius 1 is 0.417 bits per heavy atom. The van der Waals surface area contributed by atoms with Crippen LogP contribution < -0.4 is 0 Å². The molecule has 0 aliphatic heterocycles. The Morgan fingerprint density at radius 3 is 1.97 bits per heavy atom. The minimum Gasteiger partial charge on any atom is -0.0622 e. The third-order valence-electron chi connectivity index (χ3n) is 6.65. The van der Waals surface area contributed by atoms with Crippen molar-refractivity contribution in [3.05, 3.63) is 145 Å². The molecule has 0 heterocycles. The molecule has 0 fully saturated rings. The molecule has 36 heavy (non-hydrogen) atoms. The second-order valence-electron chi connectivity index (χ2n) is 8.69. The highest BCUT2D eigenvalue weighted by molar-refractivity contribution is 6.18. The van der Waals surface area contributed by atoms with Crippen molar-refractivity contribution in [1.29, 1.82) is 0 Å². The number of benzene rings is 7. The maximum absolute atomic E-state index is 9.28. The Labute approximate surface area is 222 Å². The van der Waals surface area contributed by atoms with Gasteiger partial charge in [-0.3, -0.25) is 0 Å². The van der Waals surface area contributed by atoms with E-state index in [1.54, 1.807) is 0 Å². The minimum atomic E-state index is -0.467. The van der Waals surface area contributed by atoms with Crippen molar-refractivity contribution in [2.24, 2.45) is 0 Å². The molecule has 0 heteroatoms. The second-order valence-corrected chi connectivity index (χ2v) is 8.69. The van der Waals surface area contributed by atoms with Gasteiger partial charge in [0.05, 0.1) is 11.0 Å². The molecule has 7 aromatic carbocycles. The largest absolute Gasteiger partial charge is 0.0636 e. The van der Waals surface area contributed by atoms with Gasteiger partial charge in [0.15, 0.2) is 0 Å². The van der Waals surface area contributed by atoms with E-state index in [9.17, 15) is 2.74 Å². The molecule has 0 aromatic heterocycles. The van der Waals surface area contributed by atoms with Gasteiger partial charge in [0.2, 0.25) is 0 Å². The molecule has 0 bridgehead atoms. The number of fused-ring (bicyclic) bond motifs is 3. The first-order chi connectivity index (χ1) is 21.2. The first-order valence-electron chi connectivity index (χ1n) is 15.8. The zero-order valence-electron chi connectivity index (χ0n) is 27.2. The standard InChI is InChI=1S/C36H24/c1-2-13-26(14-3-1)35-30-19-7-5-15-27(30)24-28-17-11-23-34(36(28)35)33-21-9-8-20-32(33)31-22-10-16-25-12-4-6-18-29(25)31/h1-24H/i5D,7D,11D,15D,17D,19D,23D,24D. The molecule has 0 aliphatic carbocycles. The van der Waals surface area contributed by atoms with Crippen molar-refractivity contribution < 1.29 is 11.0 Å². The summed E-state index contributed by atoms with van der Waals surface area (Å²) >= 11 is 0. The molecule has 0 unspecified atom stereocenters. The van der Waals surface area contributed by atoms with Crippen molar-refractivity contribution in [3.8, 4) is 33.4 Å². The number of rotatable bonds is 3. The molecule has 0 nitrogen and oxygen atoms in total. The van der Waals surface area contributed by atoms with E-state index in [0.717, 1.165) is 21.9 Å². The molecule has 7 aromatic rings. The van der Waals surface area contributed by atoms with Gasteiger partial charge in [-0.15, -0.1) is 0 Å². The quantitative estimate of drug-likeness (QED) is 0.228. The van der Waals surface area contributed by atoms with Crippen molar-refractivity contribution in [2.45, 2.75) is 0 Å². The summed E-state index contributed by atoms with van der Waals surface area (Å²) in [5, 5.41) is 2.60. The lowest BCUT2D eigenvalue weighted by atomic mass is 9.85. The van der Waals surface area contributed by atoms with Crippen LogP contribution in [-0.2, 0) is 0 Å². The predicted octanol–water partition coefficient (Wildman–Crippen LogP) is 10.1. The zero-order chi connectivity index (χ0) is 30.9. The van der Waals surface area contributed by atoms with Crippen LogP contribution >= 0.6 is 0 Å². The first-order valence-corrected chi connectivity index (χ1v) is 11.8. The molecule has 0 atom stereocenters. The molecule has 0 aliphatic rings. The molecule has 7 rings (SSSR count). The van der Waals surface area contributed by atoms with Gasteiger partial charge in [-0.05, 0) is 71.7 Å². The summed E-state index contributed by atoms with van der Waals surface area (Å²) in [6, 6.07) is 28.0. The van der Waals surface area contributed by atoms with Crippen LogP contribution in [0.2, 0.25) is 0 Å². The van der Waals surface area contributed by atoms with Crippen molar-refractivity contribution in [2.75, 3.05) is 0 Å². The highest BCUT2D eigenvalue weighted by atomic mass is 14.2. The highest BCUT2D eigenvalue weighted by Gasteiger charge is 2.17. The second kappa shape index (κ2) is 8.52. The Hall–Kier alpha value is -4.68. The summed E-state index contributed by atoms with van der Waals surface area (Å²) in [7, 11) is 0. The summed E-state index contributed by atoms with van der Waals surface area (Å²) in [6.07, 6.45) is 0. The molecular weight excluding hydrogens is 432 g/mol. The lowest BCUT2D eigenvalue weighted by Gasteiger charge is -2.18. The van der Waals surface area contributed by atoms with Gasteiger partial charge in [-0.25, -0.2) is 0 Å². The van der Waals surface area contributed by atoms with Gasteiger partial charge in [-0.2, -0.15) is 0 Å². The van der Waals surface area contributed by atoms with E-state index in [4.69, 9.17) is 8.22 Å². The average molecular weight is 465 g/mol. The lowest BCUT2D eigenvalue weighted by molar-refractivity contribution is 1.62. The molecule has 168 valence electrons. The predicted molar refractivity (Wildman–Crippen MR) is 155 cm³/mol. The van der Waals surface area contributed by atoms with E-state index >= 15 is 0 Å². The zero-order valence-corrected chi connectivity index (χ0v) is 19.2. The fourth-order valence-corrected chi connectivity index (χ4v) is 5.09. The van der Waals surface area contributed by atoms with E-state index in [1.165, 1.54) is 0 Å². The van der Waals surface area contributed by atoms with E-state index in [2.05, 4.69) is 0 Å². The fraction of sp³-hybridized carbons (Fsp3) is 0. The van der Waals surface area contributed by atoms with Crippen molar-refractivity contribution in [3.63, 3.8) is 0 Å². The SMILES string of the molecule is [2H]c1c([2H])c([2H])c2c(-c3ccccc3)c3c(-c4ccccc4-c4cccc5ccccc45)c([2H])c([2H])c([2H])c3c([2H])c2c1[2H]. The van der Waals surface area contributed by atoms with Gasteiger partial charge in [0.1, 0.15) is 0 Å². The van der Waals surface area contributed by atoms with Gasteiger partial charge >= 0.3 is 0 Å². The van der Waals surface area contributed by atoms with Crippen LogP contribution in [0.1, 0.15) is 11.0 Å². The average Bonchev–Trinajstić information content (AvgIpc) is 3.05. The third kappa shape index (κ3) is 3.31. The normalized spacial score (nSPS) is 14.4. The Morgan fingerprint density at radius 2 is 1.08 bits per heavy atom. The molecule has 0 N–H and O–H groups in total. The van der Waals surface area contributed by atoms with E-state index in [-0.39, 0.29) is 52.4 Å². The van der Waals surface area contributed by atoms with Crippen LogP contribution in [0.5, 0.6) is 0 Å². The molecule has 0 spiro atoms. The summed E-state index contributed by atoms with van der Waals surface area (Å²) < 4.78 is 71.0. The van der Waals surface area contributed by atoms with Crippen LogP contribution in [0.25, 0.3) is 65.7 Å². The Balaban J connectivity index is 1.77. The molecule has 0 radical (unpaired) electrons. The number of hydrogen-bond acceptors (Lipinski definition) is 0. The van der Waals surface area contributed by atoms with Gasteiger partial charge in [0, 0.05) is 0 Å². The van der Waals surface area contributed by atoms with Gasteiger partial charge < -0.3 is 0 Å². The van der Waals surface area contributed by atoms with E-state index in [1.807, 2.05) is 97.1 Å². The van der Waals surface area contributed by atoms with Gasteiger partial charge in [-0.1, -0.05) is 139 Å². The molecule has 0 saturated heterocycles. The van der Waals surface area contributed by atoms with Crippen LogP contribution in [0.4, 0.5) is 0 Å². The fourth-order valence-electron chi connectivity index (χ4n) is 5.09. The minimum absolute atomic E-state index is 0.0127. The lowest BCUT2D eigenvalue weighted by Crippen LogP contribution is -1.91. The topological polar surface area (TPSA) is 0 Å². The van der Waals surface area contributed by atoms with E-state index < -0.39 is 12.1 Å². The summed E-state index contributed by atoms with van der Waals surface area (Å²) in [5.74, 6) is 0. The Kier molecular flexibility index (Phi) is 3.32. The summed E-state index contributed by atoms with van der Waals surface area (Å²) in [6.45, 7) is 0.